The van der Waals surface area contributed by atoms with E-state index in [9.17, 15) is 9.59 Å². The van der Waals surface area contributed by atoms with Crippen molar-refractivity contribution in [2.45, 2.75) is 32.7 Å². The predicted molar refractivity (Wildman–Crippen MR) is 79.5 cm³/mol. The Balaban J connectivity index is 2.10. The van der Waals surface area contributed by atoms with Gasteiger partial charge >= 0.3 is 0 Å². The van der Waals surface area contributed by atoms with Crippen molar-refractivity contribution in [2.75, 3.05) is 16.8 Å². The van der Waals surface area contributed by atoms with Crippen LogP contribution < -0.4 is 16.0 Å². The molecule has 2 rings (SSSR count). The largest absolute Gasteiger partial charge is 0.325 e. The highest BCUT2D eigenvalue weighted by molar-refractivity contribution is 5.98. The van der Waals surface area contributed by atoms with Crippen molar-refractivity contribution in [3.05, 3.63) is 24.3 Å². The first-order valence-corrected chi connectivity index (χ1v) is 6.96. The number of carbonyl (C=O) groups is 2. The Morgan fingerprint density at radius 2 is 2.15 bits per heavy atom. The Hall–Kier alpha value is -1.88. The smallest absolute Gasteiger partial charge is 0.241 e. The van der Waals surface area contributed by atoms with E-state index >= 15 is 0 Å². The molecular weight excluding hydrogens is 254 g/mol. The first-order valence-electron chi connectivity index (χ1n) is 6.96. The third-order valence-electron chi connectivity index (χ3n) is 3.52. The minimum atomic E-state index is -0.535. The average molecular weight is 275 g/mol. The molecule has 0 bridgehead atoms. The van der Waals surface area contributed by atoms with Crippen molar-refractivity contribution in [1.29, 1.82) is 0 Å². The first kappa shape index (κ1) is 14.5. The molecule has 3 N–H and O–H groups in total. The highest BCUT2D eigenvalue weighted by Crippen LogP contribution is 2.24. The summed E-state index contributed by atoms with van der Waals surface area (Å²) < 4.78 is 0. The summed E-state index contributed by atoms with van der Waals surface area (Å²) in [4.78, 5) is 25.4. The highest BCUT2D eigenvalue weighted by atomic mass is 16.2. The first-order chi connectivity index (χ1) is 9.49. The van der Waals surface area contributed by atoms with Crippen LogP contribution >= 0.6 is 0 Å². The minimum Gasteiger partial charge on any atom is -0.325 e. The Labute approximate surface area is 119 Å². The molecule has 1 fully saturated rings. The van der Waals surface area contributed by atoms with E-state index in [1.165, 1.54) is 0 Å². The number of anilines is 2. The van der Waals surface area contributed by atoms with Crippen LogP contribution in [0.1, 0.15) is 26.7 Å². The Bertz CT molecular complexity index is 514. The number of nitrogens with two attached hydrogens (primary N) is 1. The Morgan fingerprint density at radius 1 is 1.40 bits per heavy atom. The molecule has 1 aromatic rings. The Morgan fingerprint density at radius 3 is 2.75 bits per heavy atom. The third-order valence-corrected chi connectivity index (χ3v) is 3.52. The van der Waals surface area contributed by atoms with E-state index in [2.05, 4.69) is 5.32 Å². The SMILES string of the molecule is CC(C)[C@H](N)C(=O)Nc1cccc(N2CCCC2=O)c1. The molecule has 0 spiro atoms. The number of benzene rings is 1. The van der Waals surface area contributed by atoms with Gasteiger partial charge in [0.25, 0.3) is 0 Å². The van der Waals surface area contributed by atoms with Gasteiger partial charge in [0.15, 0.2) is 0 Å². The minimum absolute atomic E-state index is 0.0818. The summed E-state index contributed by atoms with van der Waals surface area (Å²) in [7, 11) is 0. The summed E-state index contributed by atoms with van der Waals surface area (Å²) in [5, 5.41) is 2.80. The van der Waals surface area contributed by atoms with Crippen LogP contribution in [-0.2, 0) is 9.59 Å². The maximum atomic E-state index is 11.9. The van der Waals surface area contributed by atoms with Gasteiger partial charge < -0.3 is 16.0 Å². The third kappa shape index (κ3) is 3.17. The molecule has 5 heteroatoms. The van der Waals surface area contributed by atoms with Gasteiger partial charge in [-0.3, -0.25) is 9.59 Å². The number of amides is 2. The number of hydrogen-bond acceptors (Lipinski definition) is 3. The second-order valence-electron chi connectivity index (χ2n) is 5.46. The molecule has 0 unspecified atom stereocenters. The fourth-order valence-corrected chi connectivity index (χ4v) is 2.20. The molecule has 0 aromatic heterocycles. The second-order valence-corrected chi connectivity index (χ2v) is 5.46. The monoisotopic (exact) mass is 275 g/mol. The van der Waals surface area contributed by atoms with Crippen LogP contribution in [0.3, 0.4) is 0 Å². The molecule has 1 aliphatic rings. The predicted octanol–water partition coefficient (Wildman–Crippen LogP) is 1.74. The van der Waals surface area contributed by atoms with E-state index in [1.54, 1.807) is 11.0 Å². The molecule has 1 atom stereocenters. The fourth-order valence-electron chi connectivity index (χ4n) is 2.20. The molecular formula is C15H21N3O2. The summed E-state index contributed by atoms with van der Waals surface area (Å²) in [5.74, 6) is 0.00981. The van der Waals surface area contributed by atoms with Crippen LogP contribution in [-0.4, -0.2) is 24.4 Å². The van der Waals surface area contributed by atoms with Crippen LogP contribution in [0.2, 0.25) is 0 Å². The van der Waals surface area contributed by atoms with Crippen LogP contribution in [0, 0.1) is 5.92 Å². The van der Waals surface area contributed by atoms with E-state index < -0.39 is 6.04 Å². The van der Waals surface area contributed by atoms with Crippen molar-refractivity contribution in [3.63, 3.8) is 0 Å². The fraction of sp³-hybridized carbons (Fsp3) is 0.467. The number of nitrogens with one attached hydrogen (secondary N) is 1. The second kappa shape index (κ2) is 6.05. The average Bonchev–Trinajstić information content (AvgIpc) is 2.84. The van der Waals surface area contributed by atoms with Gasteiger partial charge in [0.1, 0.15) is 0 Å². The summed E-state index contributed by atoms with van der Waals surface area (Å²) in [6, 6.07) is 6.79. The lowest BCUT2D eigenvalue weighted by Crippen LogP contribution is -2.39. The molecule has 2 amide bonds. The molecule has 0 aliphatic carbocycles. The van der Waals surface area contributed by atoms with Gasteiger partial charge in [0, 0.05) is 24.3 Å². The molecule has 20 heavy (non-hydrogen) atoms. The van der Waals surface area contributed by atoms with Crippen molar-refractivity contribution in [3.8, 4) is 0 Å². The molecule has 1 aromatic carbocycles. The zero-order chi connectivity index (χ0) is 14.7. The molecule has 1 aliphatic heterocycles. The van der Waals surface area contributed by atoms with Crippen molar-refractivity contribution in [1.82, 2.24) is 0 Å². The number of rotatable bonds is 4. The van der Waals surface area contributed by atoms with Crippen molar-refractivity contribution >= 4 is 23.2 Å². The zero-order valence-corrected chi connectivity index (χ0v) is 11.9. The lowest BCUT2D eigenvalue weighted by atomic mass is 10.0. The summed E-state index contributed by atoms with van der Waals surface area (Å²) in [6.45, 7) is 4.55. The molecule has 108 valence electrons. The molecule has 0 saturated carbocycles. The Kier molecular flexibility index (Phi) is 4.39. The number of hydrogen-bond donors (Lipinski definition) is 2. The van der Waals surface area contributed by atoms with Gasteiger partial charge in [0.05, 0.1) is 6.04 Å². The molecule has 1 heterocycles. The summed E-state index contributed by atoms with van der Waals surface area (Å²) in [6.07, 6.45) is 1.47. The molecule has 5 nitrogen and oxygen atoms in total. The van der Waals surface area contributed by atoms with Gasteiger partial charge in [-0.05, 0) is 30.5 Å². The number of nitrogens with zero attached hydrogens (tertiary/aromatic N) is 1. The quantitative estimate of drug-likeness (QED) is 0.878. The van der Waals surface area contributed by atoms with E-state index in [1.807, 2.05) is 32.0 Å². The van der Waals surface area contributed by atoms with Crippen LogP contribution in [0.4, 0.5) is 11.4 Å². The highest BCUT2D eigenvalue weighted by Gasteiger charge is 2.22. The lowest BCUT2D eigenvalue weighted by Gasteiger charge is -2.18. The lowest BCUT2D eigenvalue weighted by molar-refractivity contribution is -0.118. The molecule has 1 saturated heterocycles. The summed E-state index contributed by atoms with van der Waals surface area (Å²) in [5.41, 5.74) is 7.31. The summed E-state index contributed by atoms with van der Waals surface area (Å²) >= 11 is 0. The van der Waals surface area contributed by atoms with Crippen LogP contribution in [0.15, 0.2) is 24.3 Å². The normalized spacial score (nSPS) is 16.6. The van der Waals surface area contributed by atoms with Gasteiger partial charge in [-0.1, -0.05) is 19.9 Å². The van der Waals surface area contributed by atoms with Gasteiger partial charge in [-0.2, -0.15) is 0 Å². The maximum absolute atomic E-state index is 11.9. The molecule has 0 radical (unpaired) electrons. The maximum Gasteiger partial charge on any atom is 0.241 e. The van der Waals surface area contributed by atoms with Crippen molar-refractivity contribution < 1.29 is 9.59 Å². The van der Waals surface area contributed by atoms with E-state index in [0.29, 0.717) is 12.1 Å². The van der Waals surface area contributed by atoms with Crippen LogP contribution in [0.5, 0.6) is 0 Å². The van der Waals surface area contributed by atoms with Gasteiger partial charge in [0.2, 0.25) is 11.8 Å². The van der Waals surface area contributed by atoms with E-state index in [4.69, 9.17) is 5.73 Å². The van der Waals surface area contributed by atoms with E-state index in [-0.39, 0.29) is 17.7 Å². The topological polar surface area (TPSA) is 75.4 Å². The standard InChI is InChI=1S/C15H21N3O2/c1-10(2)14(16)15(20)17-11-5-3-6-12(9-11)18-8-4-7-13(18)19/h3,5-6,9-10,14H,4,7-8,16H2,1-2H3,(H,17,20)/t14-/m0/s1. The number of carbonyl (C=O) groups excluding carboxylic acids is 2. The van der Waals surface area contributed by atoms with E-state index in [0.717, 1.165) is 18.7 Å². The zero-order valence-electron chi connectivity index (χ0n) is 11.9. The van der Waals surface area contributed by atoms with Crippen LogP contribution in [0.25, 0.3) is 0 Å². The van der Waals surface area contributed by atoms with Gasteiger partial charge in [-0.15, -0.1) is 0 Å². The van der Waals surface area contributed by atoms with Crippen molar-refractivity contribution in [2.24, 2.45) is 11.7 Å². The van der Waals surface area contributed by atoms with Gasteiger partial charge in [-0.25, -0.2) is 0 Å².